The van der Waals surface area contributed by atoms with Crippen molar-refractivity contribution in [1.29, 1.82) is 0 Å². The molecule has 112 valence electrons. The van der Waals surface area contributed by atoms with Gasteiger partial charge in [-0.25, -0.2) is 4.98 Å². The van der Waals surface area contributed by atoms with Crippen LogP contribution in [0.1, 0.15) is 22.4 Å². The van der Waals surface area contributed by atoms with Gasteiger partial charge in [0.15, 0.2) is 0 Å². The Hall–Kier alpha value is -1.58. The molecule has 3 nitrogen and oxygen atoms in total. The predicted molar refractivity (Wildman–Crippen MR) is 90.0 cm³/mol. The second-order valence-corrected chi connectivity index (χ2v) is 5.83. The number of nitrogens with zero attached hydrogens (tertiary/aromatic N) is 2. The van der Waals surface area contributed by atoms with Crippen molar-refractivity contribution in [3.63, 3.8) is 0 Å². The standard InChI is InChI=1S/C17H22ClN3/c1-12-9-13(2)20-17(16(12)10-19-3)21(4)11-14-5-7-15(18)8-6-14/h5-9,19H,10-11H2,1-4H3. The third-order valence-corrected chi connectivity index (χ3v) is 3.75. The average molecular weight is 304 g/mol. The summed E-state index contributed by atoms with van der Waals surface area (Å²) in [4.78, 5) is 6.92. The quantitative estimate of drug-likeness (QED) is 0.912. The molecule has 0 saturated heterocycles. The summed E-state index contributed by atoms with van der Waals surface area (Å²) in [5.41, 5.74) is 4.79. The molecule has 0 aliphatic heterocycles. The minimum absolute atomic E-state index is 0.766. The summed E-state index contributed by atoms with van der Waals surface area (Å²) in [6, 6.07) is 10.1. The Morgan fingerprint density at radius 3 is 2.48 bits per heavy atom. The van der Waals surface area contributed by atoms with Crippen molar-refractivity contribution < 1.29 is 0 Å². The van der Waals surface area contributed by atoms with E-state index in [-0.39, 0.29) is 0 Å². The first kappa shape index (κ1) is 15.8. The zero-order valence-electron chi connectivity index (χ0n) is 13.1. The Balaban J connectivity index is 2.29. The van der Waals surface area contributed by atoms with Crippen LogP contribution in [0, 0.1) is 13.8 Å². The number of halogens is 1. The van der Waals surface area contributed by atoms with E-state index in [9.17, 15) is 0 Å². The molecule has 0 spiro atoms. The molecular formula is C17H22ClN3. The number of anilines is 1. The number of nitrogens with one attached hydrogen (secondary N) is 1. The highest BCUT2D eigenvalue weighted by atomic mass is 35.5. The Morgan fingerprint density at radius 2 is 1.86 bits per heavy atom. The molecule has 0 aliphatic carbocycles. The van der Waals surface area contributed by atoms with E-state index < -0.39 is 0 Å². The first-order valence-corrected chi connectivity index (χ1v) is 7.46. The number of rotatable bonds is 5. The van der Waals surface area contributed by atoms with E-state index in [1.807, 2.05) is 26.1 Å². The third-order valence-electron chi connectivity index (χ3n) is 3.50. The van der Waals surface area contributed by atoms with Crippen LogP contribution >= 0.6 is 11.6 Å². The van der Waals surface area contributed by atoms with Gasteiger partial charge in [0, 0.05) is 36.4 Å². The molecule has 0 bridgehead atoms. The van der Waals surface area contributed by atoms with E-state index in [4.69, 9.17) is 16.6 Å². The number of aryl methyl sites for hydroxylation is 2. The van der Waals surface area contributed by atoms with Crippen LogP contribution in [0.15, 0.2) is 30.3 Å². The van der Waals surface area contributed by atoms with Crippen molar-refractivity contribution >= 4 is 17.4 Å². The third kappa shape index (κ3) is 3.96. The topological polar surface area (TPSA) is 28.2 Å². The zero-order chi connectivity index (χ0) is 15.4. The Labute approximate surface area is 132 Å². The normalized spacial score (nSPS) is 10.7. The largest absolute Gasteiger partial charge is 0.355 e. The molecule has 1 N–H and O–H groups in total. The van der Waals surface area contributed by atoms with Gasteiger partial charge in [-0.05, 0) is 50.2 Å². The maximum Gasteiger partial charge on any atom is 0.133 e. The highest BCUT2D eigenvalue weighted by molar-refractivity contribution is 6.30. The van der Waals surface area contributed by atoms with Crippen LogP contribution in [-0.4, -0.2) is 19.1 Å². The van der Waals surface area contributed by atoms with Crippen LogP contribution < -0.4 is 10.2 Å². The van der Waals surface area contributed by atoms with Gasteiger partial charge >= 0.3 is 0 Å². The SMILES string of the molecule is CNCc1c(C)cc(C)nc1N(C)Cc1ccc(Cl)cc1. The van der Waals surface area contributed by atoms with Gasteiger partial charge in [0.25, 0.3) is 0 Å². The number of aromatic nitrogens is 1. The number of benzene rings is 1. The van der Waals surface area contributed by atoms with Gasteiger partial charge in [0.1, 0.15) is 5.82 Å². The highest BCUT2D eigenvalue weighted by Crippen LogP contribution is 2.23. The van der Waals surface area contributed by atoms with Crippen LogP contribution in [0.25, 0.3) is 0 Å². The highest BCUT2D eigenvalue weighted by Gasteiger charge is 2.12. The molecule has 0 atom stereocenters. The summed E-state index contributed by atoms with van der Waals surface area (Å²) in [6.45, 7) is 5.81. The fraction of sp³-hybridized carbons (Fsp3) is 0.353. The molecule has 1 aromatic heterocycles. The van der Waals surface area contributed by atoms with Crippen LogP contribution in [-0.2, 0) is 13.1 Å². The summed E-state index contributed by atoms with van der Waals surface area (Å²) < 4.78 is 0. The molecule has 0 unspecified atom stereocenters. The van der Waals surface area contributed by atoms with Crippen LogP contribution in [0.3, 0.4) is 0 Å². The maximum absolute atomic E-state index is 5.94. The number of hydrogen-bond acceptors (Lipinski definition) is 3. The van der Waals surface area contributed by atoms with Crippen molar-refractivity contribution in [1.82, 2.24) is 10.3 Å². The smallest absolute Gasteiger partial charge is 0.133 e. The van der Waals surface area contributed by atoms with E-state index in [1.54, 1.807) is 0 Å². The summed E-state index contributed by atoms with van der Waals surface area (Å²) in [7, 11) is 4.04. The lowest BCUT2D eigenvalue weighted by molar-refractivity contribution is 0.786. The zero-order valence-corrected chi connectivity index (χ0v) is 13.8. The average Bonchev–Trinajstić information content (AvgIpc) is 2.44. The van der Waals surface area contributed by atoms with E-state index in [2.05, 4.69) is 42.4 Å². The predicted octanol–water partition coefficient (Wildman–Crippen LogP) is 3.71. The fourth-order valence-electron chi connectivity index (χ4n) is 2.49. The van der Waals surface area contributed by atoms with Crippen molar-refractivity contribution in [3.05, 3.63) is 57.7 Å². The lowest BCUT2D eigenvalue weighted by Crippen LogP contribution is -2.22. The summed E-state index contributed by atoms with van der Waals surface area (Å²) in [5, 5.41) is 3.99. The first-order chi connectivity index (χ1) is 10.0. The van der Waals surface area contributed by atoms with Gasteiger partial charge in [-0.2, -0.15) is 0 Å². The molecule has 1 aromatic carbocycles. The van der Waals surface area contributed by atoms with Crippen molar-refractivity contribution in [2.24, 2.45) is 0 Å². The monoisotopic (exact) mass is 303 g/mol. The Bertz CT molecular complexity index is 608. The van der Waals surface area contributed by atoms with Crippen molar-refractivity contribution in [3.8, 4) is 0 Å². The van der Waals surface area contributed by atoms with Crippen molar-refractivity contribution in [2.45, 2.75) is 26.9 Å². The molecule has 0 fully saturated rings. The molecule has 4 heteroatoms. The lowest BCUT2D eigenvalue weighted by Gasteiger charge is -2.23. The van der Waals surface area contributed by atoms with Gasteiger partial charge in [-0.1, -0.05) is 23.7 Å². The molecule has 0 radical (unpaired) electrons. The second-order valence-electron chi connectivity index (χ2n) is 5.40. The van der Waals surface area contributed by atoms with Crippen LogP contribution in [0.5, 0.6) is 0 Å². The van der Waals surface area contributed by atoms with E-state index >= 15 is 0 Å². The van der Waals surface area contributed by atoms with E-state index in [0.717, 1.165) is 29.6 Å². The number of hydrogen-bond donors (Lipinski definition) is 1. The summed E-state index contributed by atoms with van der Waals surface area (Å²) >= 11 is 5.94. The lowest BCUT2D eigenvalue weighted by atomic mass is 10.1. The van der Waals surface area contributed by atoms with Gasteiger partial charge in [0.05, 0.1) is 0 Å². The minimum Gasteiger partial charge on any atom is -0.355 e. The molecule has 1 heterocycles. The molecule has 2 aromatic rings. The minimum atomic E-state index is 0.766. The van der Waals surface area contributed by atoms with Gasteiger partial charge in [-0.3, -0.25) is 0 Å². The Kier molecular flexibility index (Phi) is 5.21. The fourth-order valence-corrected chi connectivity index (χ4v) is 2.62. The second kappa shape index (κ2) is 6.92. The van der Waals surface area contributed by atoms with Crippen LogP contribution in [0.2, 0.25) is 5.02 Å². The van der Waals surface area contributed by atoms with Gasteiger partial charge in [-0.15, -0.1) is 0 Å². The molecular weight excluding hydrogens is 282 g/mol. The number of pyridine rings is 1. The van der Waals surface area contributed by atoms with Gasteiger partial charge in [0.2, 0.25) is 0 Å². The maximum atomic E-state index is 5.94. The van der Waals surface area contributed by atoms with Crippen LogP contribution in [0.4, 0.5) is 5.82 Å². The molecule has 2 rings (SSSR count). The van der Waals surface area contributed by atoms with E-state index in [0.29, 0.717) is 0 Å². The Morgan fingerprint density at radius 1 is 1.19 bits per heavy atom. The van der Waals surface area contributed by atoms with Gasteiger partial charge < -0.3 is 10.2 Å². The molecule has 0 aliphatic rings. The van der Waals surface area contributed by atoms with Crippen molar-refractivity contribution in [2.75, 3.05) is 19.0 Å². The first-order valence-electron chi connectivity index (χ1n) is 7.08. The molecule has 21 heavy (non-hydrogen) atoms. The molecule has 0 saturated carbocycles. The molecule has 0 amide bonds. The summed E-state index contributed by atoms with van der Waals surface area (Å²) in [6.07, 6.45) is 0. The summed E-state index contributed by atoms with van der Waals surface area (Å²) in [5.74, 6) is 1.04. The van der Waals surface area contributed by atoms with E-state index in [1.165, 1.54) is 16.7 Å².